The third kappa shape index (κ3) is 2.62. The molecule has 2 aromatic rings. The maximum absolute atomic E-state index is 11.0. The Morgan fingerprint density at radius 3 is 2.63 bits per heavy atom. The van der Waals surface area contributed by atoms with Gasteiger partial charge in [0.1, 0.15) is 5.82 Å². The van der Waals surface area contributed by atoms with E-state index in [2.05, 4.69) is 23.4 Å². The quantitative estimate of drug-likeness (QED) is 0.919. The molecular formula is C15H20N2O2. The molecule has 2 rings (SSSR count). The minimum atomic E-state index is -0.808. The van der Waals surface area contributed by atoms with Crippen LogP contribution >= 0.6 is 0 Å². The first-order valence-electron chi connectivity index (χ1n) is 6.58. The molecule has 1 unspecified atom stereocenters. The van der Waals surface area contributed by atoms with Gasteiger partial charge in [-0.2, -0.15) is 0 Å². The van der Waals surface area contributed by atoms with Crippen LogP contribution in [-0.4, -0.2) is 20.6 Å². The number of fused-ring (bicyclic) bond motifs is 1. The molecule has 0 amide bonds. The molecule has 0 aliphatic rings. The monoisotopic (exact) mass is 260 g/mol. The maximum atomic E-state index is 11.0. The van der Waals surface area contributed by atoms with Crippen molar-refractivity contribution in [2.45, 2.75) is 33.1 Å². The predicted molar refractivity (Wildman–Crippen MR) is 75.3 cm³/mol. The zero-order valence-corrected chi connectivity index (χ0v) is 11.8. The molecule has 4 heteroatoms. The molecule has 19 heavy (non-hydrogen) atoms. The topological polar surface area (TPSA) is 55.1 Å². The fourth-order valence-electron chi connectivity index (χ4n) is 2.23. The summed E-state index contributed by atoms with van der Waals surface area (Å²) in [6.07, 6.45) is 0.926. The molecule has 1 aromatic carbocycles. The van der Waals surface area contributed by atoms with Crippen molar-refractivity contribution in [3.05, 3.63) is 29.6 Å². The molecular weight excluding hydrogens is 240 g/mol. The summed E-state index contributed by atoms with van der Waals surface area (Å²) in [5.74, 6) is 0.288. The first kappa shape index (κ1) is 13.6. The molecule has 0 spiro atoms. The molecule has 4 nitrogen and oxygen atoms in total. The molecule has 0 saturated carbocycles. The Morgan fingerprint density at radius 2 is 2.05 bits per heavy atom. The molecule has 0 bridgehead atoms. The SMILES string of the molecule is CC(C)Cc1nc2cc(C(C)C(=O)O)ccc2n1C. The molecule has 0 radical (unpaired) electrons. The Bertz CT molecular complexity index is 614. The number of rotatable bonds is 4. The summed E-state index contributed by atoms with van der Waals surface area (Å²) in [4.78, 5) is 15.7. The first-order valence-corrected chi connectivity index (χ1v) is 6.58. The lowest BCUT2D eigenvalue weighted by molar-refractivity contribution is -0.138. The van der Waals surface area contributed by atoms with E-state index in [0.717, 1.165) is 28.8 Å². The molecule has 0 fully saturated rings. The largest absolute Gasteiger partial charge is 0.481 e. The molecule has 0 saturated heterocycles. The van der Waals surface area contributed by atoms with Gasteiger partial charge in [-0.3, -0.25) is 4.79 Å². The van der Waals surface area contributed by atoms with E-state index in [1.54, 1.807) is 6.92 Å². The van der Waals surface area contributed by atoms with Gasteiger partial charge in [0.25, 0.3) is 0 Å². The van der Waals surface area contributed by atoms with Crippen LogP contribution in [0, 0.1) is 5.92 Å². The number of aromatic nitrogens is 2. The van der Waals surface area contributed by atoms with E-state index in [0.29, 0.717) is 5.92 Å². The second-order valence-electron chi connectivity index (χ2n) is 5.49. The molecule has 1 heterocycles. The van der Waals surface area contributed by atoms with E-state index in [9.17, 15) is 4.79 Å². The first-order chi connectivity index (χ1) is 8.90. The summed E-state index contributed by atoms with van der Waals surface area (Å²) in [5, 5.41) is 9.06. The summed E-state index contributed by atoms with van der Waals surface area (Å²) in [5.41, 5.74) is 2.73. The number of aliphatic carboxylic acids is 1. The van der Waals surface area contributed by atoms with Crippen molar-refractivity contribution < 1.29 is 9.90 Å². The molecule has 1 N–H and O–H groups in total. The Hall–Kier alpha value is -1.84. The van der Waals surface area contributed by atoms with Gasteiger partial charge >= 0.3 is 5.97 Å². The zero-order chi connectivity index (χ0) is 14.2. The minimum Gasteiger partial charge on any atom is -0.481 e. The van der Waals surface area contributed by atoms with Crippen LogP contribution in [0.15, 0.2) is 18.2 Å². The second-order valence-corrected chi connectivity index (χ2v) is 5.49. The number of carboxylic acid groups (broad SMARTS) is 1. The fraction of sp³-hybridized carbons (Fsp3) is 0.467. The normalized spacial score (nSPS) is 13.1. The summed E-state index contributed by atoms with van der Waals surface area (Å²) >= 11 is 0. The summed E-state index contributed by atoms with van der Waals surface area (Å²) in [6.45, 7) is 6.02. The van der Waals surface area contributed by atoms with Gasteiger partial charge in [-0.15, -0.1) is 0 Å². The van der Waals surface area contributed by atoms with Crippen LogP contribution in [-0.2, 0) is 18.3 Å². The molecule has 0 aliphatic heterocycles. The van der Waals surface area contributed by atoms with Gasteiger partial charge < -0.3 is 9.67 Å². The average molecular weight is 260 g/mol. The van der Waals surface area contributed by atoms with Crippen LogP contribution in [0.25, 0.3) is 11.0 Å². The summed E-state index contributed by atoms with van der Waals surface area (Å²) < 4.78 is 2.09. The predicted octanol–water partition coefficient (Wildman–Crippen LogP) is 2.96. The summed E-state index contributed by atoms with van der Waals surface area (Å²) in [7, 11) is 2.01. The standard InChI is InChI=1S/C15H20N2O2/c1-9(2)7-14-16-12-8-11(10(3)15(18)19)5-6-13(12)17(14)4/h5-6,8-10H,7H2,1-4H3,(H,18,19). The number of benzene rings is 1. The summed E-state index contributed by atoms with van der Waals surface area (Å²) in [6, 6.07) is 5.72. The lowest BCUT2D eigenvalue weighted by atomic mass is 10.0. The number of hydrogen-bond donors (Lipinski definition) is 1. The lowest BCUT2D eigenvalue weighted by Gasteiger charge is -2.06. The number of hydrogen-bond acceptors (Lipinski definition) is 2. The number of aryl methyl sites for hydroxylation is 1. The number of nitrogens with zero attached hydrogens (tertiary/aromatic N) is 2. The highest BCUT2D eigenvalue weighted by Gasteiger charge is 2.16. The van der Waals surface area contributed by atoms with Crippen LogP contribution in [0.3, 0.4) is 0 Å². The van der Waals surface area contributed by atoms with Gasteiger partial charge in [0.05, 0.1) is 17.0 Å². The Kier molecular flexibility index (Phi) is 3.60. The van der Waals surface area contributed by atoms with Crippen LogP contribution in [0.2, 0.25) is 0 Å². The molecule has 0 aliphatic carbocycles. The van der Waals surface area contributed by atoms with Crippen molar-refractivity contribution in [1.29, 1.82) is 0 Å². The van der Waals surface area contributed by atoms with Gasteiger partial charge in [0.2, 0.25) is 0 Å². The lowest BCUT2D eigenvalue weighted by Crippen LogP contribution is -2.07. The van der Waals surface area contributed by atoms with Crippen molar-refractivity contribution in [3.63, 3.8) is 0 Å². The van der Waals surface area contributed by atoms with E-state index in [-0.39, 0.29) is 0 Å². The number of imidazole rings is 1. The Labute approximate surface area is 113 Å². The highest BCUT2D eigenvalue weighted by atomic mass is 16.4. The highest BCUT2D eigenvalue weighted by Crippen LogP contribution is 2.23. The fourth-order valence-corrected chi connectivity index (χ4v) is 2.23. The van der Waals surface area contributed by atoms with E-state index in [1.165, 1.54) is 0 Å². The molecule has 1 atom stereocenters. The van der Waals surface area contributed by atoms with Gasteiger partial charge in [0, 0.05) is 13.5 Å². The second kappa shape index (κ2) is 5.03. The van der Waals surface area contributed by atoms with E-state index >= 15 is 0 Å². The van der Waals surface area contributed by atoms with Crippen LogP contribution in [0.4, 0.5) is 0 Å². The van der Waals surface area contributed by atoms with Gasteiger partial charge in [-0.25, -0.2) is 4.98 Å². The van der Waals surface area contributed by atoms with Gasteiger partial charge in [0.15, 0.2) is 0 Å². The maximum Gasteiger partial charge on any atom is 0.310 e. The third-order valence-electron chi connectivity index (χ3n) is 3.46. The van der Waals surface area contributed by atoms with E-state index in [4.69, 9.17) is 5.11 Å². The van der Waals surface area contributed by atoms with Crippen LogP contribution in [0.5, 0.6) is 0 Å². The Balaban J connectivity index is 2.46. The minimum absolute atomic E-state index is 0.500. The number of carbonyl (C=O) groups is 1. The zero-order valence-electron chi connectivity index (χ0n) is 11.8. The van der Waals surface area contributed by atoms with E-state index < -0.39 is 11.9 Å². The van der Waals surface area contributed by atoms with Gasteiger partial charge in [-0.05, 0) is 30.5 Å². The van der Waals surface area contributed by atoms with Crippen LogP contribution in [0.1, 0.15) is 38.1 Å². The van der Waals surface area contributed by atoms with Gasteiger partial charge in [-0.1, -0.05) is 19.9 Å². The highest BCUT2D eigenvalue weighted by molar-refractivity contribution is 5.81. The molecule has 1 aromatic heterocycles. The average Bonchev–Trinajstić information content (AvgIpc) is 2.64. The van der Waals surface area contributed by atoms with Crippen LogP contribution < -0.4 is 0 Å². The smallest absolute Gasteiger partial charge is 0.310 e. The van der Waals surface area contributed by atoms with Crippen molar-refractivity contribution >= 4 is 17.0 Å². The van der Waals surface area contributed by atoms with Crippen molar-refractivity contribution in [2.24, 2.45) is 13.0 Å². The van der Waals surface area contributed by atoms with E-state index in [1.807, 2.05) is 25.2 Å². The molecule has 102 valence electrons. The van der Waals surface area contributed by atoms with Crippen molar-refractivity contribution in [1.82, 2.24) is 9.55 Å². The van der Waals surface area contributed by atoms with Crippen molar-refractivity contribution in [3.8, 4) is 0 Å². The number of carboxylic acids is 1. The van der Waals surface area contributed by atoms with Crippen molar-refractivity contribution in [2.75, 3.05) is 0 Å². The third-order valence-corrected chi connectivity index (χ3v) is 3.46. The Morgan fingerprint density at radius 1 is 1.37 bits per heavy atom.